The van der Waals surface area contributed by atoms with E-state index in [1.807, 2.05) is 24.3 Å². The number of H-pyrrole nitrogens is 1. The van der Waals surface area contributed by atoms with Gasteiger partial charge < -0.3 is 15.6 Å². The van der Waals surface area contributed by atoms with E-state index in [0.717, 1.165) is 11.0 Å². The fourth-order valence-corrected chi connectivity index (χ4v) is 2.50. The Morgan fingerprint density at radius 2 is 2.00 bits per heavy atom. The number of fused-ring (bicyclic) bond motifs is 2. The Balaban J connectivity index is 1.67. The number of amides is 1. The van der Waals surface area contributed by atoms with Crippen LogP contribution in [0.4, 0.5) is 11.8 Å². The number of halogens is 1. The summed E-state index contributed by atoms with van der Waals surface area (Å²) in [5, 5.41) is 6.03. The Hall–Kier alpha value is -2.86. The number of hydrogen-bond donors (Lipinski definition) is 3. The summed E-state index contributed by atoms with van der Waals surface area (Å²) < 4.78 is 0. The summed E-state index contributed by atoms with van der Waals surface area (Å²) >= 11 is 5.82. The number of nitrogens with one attached hydrogen (secondary N) is 3. The maximum absolute atomic E-state index is 12.0. The van der Waals surface area contributed by atoms with E-state index < -0.39 is 0 Å². The molecule has 0 atom stereocenters. The number of aromatic amines is 1. The van der Waals surface area contributed by atoms with Crippen LogP contribution in [0.2, 0.25) is 5.15 Å². The molecule has 0 aliphatic carbocycles. The van der Waals surface area contributed by atoms with E-state index >= 15 is 0 Å². The van der Waals surface area contributed by atoms with E-state index in [1.165, 1.54) is 0 Å². The maximum Gasteiger partial charge on any atom is 0.259 e. The van der Waals surface area contributed by atoms with Crippen LogP contribution >= 0.6 is 11.6 Å². The summed E-state index contributed by atoms with van der Waals surface area (Å²) in [6.45, 7) is 0. The van der Waals surface area contributed by atoms with Gasteiger partial charge in [0.2, 0.25) is 5.95 Å². The minimum Gasteiger partial charge on any atom is -0.332 e. The lowest BCUT2D eigenvalue weighted by Gasteiger charge is -1.99. The number of carbonyl (C=O) groups excluding carboxylic acids is 1. The summed E-state index contributed by atoms with van der Waals surface area (Å²) in [6, 6.07) is 11.1. The number of carbonyl (C=O) groups is 1. The van der Waals surface area contributed by atoms with Crippen molar-refractivity contribution in [1.82, 2.24) is 15.0 Å². The first-order chi connectivity index (χ1) is 10.7. The number of pyridine rings is 1. The van der Waals surface area contributed by atoms with Crippen molar-refractivity contribution in [2.75, 3.05) is 10.6 Å². The van der Waals surface area contributed by atoms with Crippen LogP contribution in [0, 0.1) is 0 Å². The molecule has 3 aromatic rings. The highest BCUT2D eigenvalue weighted by molar-refractivity contribution is 6.33. The average molecular weight is 312 g/mol. The van der Waals surface area contributed by atoms with Gasteiger partial charge in [0, 0.05) is 11.8 Å². The van der Waals surface area contributed by atoms with Gasteiger partial charge in [0.25, 0.3) is 5.91 Å². The minimum absolute atomic E-state index is 0.228. The number of imidazole rings is 1. The zero-order chi connectivity index (χ0) is 15.1. The number of anilines is 2. The average Bonchev–Trinajstić information content (AvgIpc) is 3.04. The highest BCUT2D eigenvalue weighted by Crippen LogP contribution is 2.31. The zero-order valence-electron chi connectivity index (χ0n) is 11.2. The fraction of sp³-hybridized carbons (Fsp3) is 0. The fourth-order valence-electron chi connectivity index (χ4n) is 2.35. The van der Waals surface area contributed by atoms with E-state index in [4.69, 9.17) is 11.6 Å². The third-order valence-electron chi connectivity index (χ3n) is 3.37. The van der Waals surface area contributed by atoms with Crippen molar-refractivity contribution in [1.29, 1.82) is 0 Å². The van der Waals surface area contributed by atoms with Gasteiger partial charge in [-0.05, 0) is 24.3 Å². The Labute approximate surface area is 130 Å². The van der Waals surface area contributed by atoms with Crippen LogP contribution in [0.1, 0.15) is 5.56 Å². The Morgan fingerprint density at radius 3 is 2.86 bits per heavy atom. The first-order valence-corrected chi connectivity index (χ1v) is 6.98. The smallest absolute Gasteiger partial charge is 0.259 e. The van der Waals surface area contributed by atoms with E-state index in [2.05, 4.69) is 25.6 Å². The van der Waals surface area contributed by atoms with Crippen molar-refractivity contribution < 1.29 is 4.79 Å². The van der Waals surface area contributed by atoms with Gasteiger partial charge in [-0.15, -0.1) is 0 Å². The highest BCUT2D eigenvalue weighted by Gasteiger charge is 2.25. The second kappa shape index (κ2) is 4.85. The molecule has 1 aliphatic heterocycles. The summed E-state index contributed by atoms with van der Waals surface area (Å²) in [5.41, 5.74) is 2.97. The molecular weight excluding hydrogens is 302 g/mol. The molecule has 108 valence electrons. The van der Waals surface area contributed by atoms with Crippen molar-refractivity contribution in [2.24, 2.45) is 0 Å². The van der Waals surface area contributed by atoms with Gasteiger partial charge in [-0.3, -0.25) is 4.79 Å². The molecule has 4 rings (SSSR count). The number of rotatable bonds is 2. The van der Waals surface area contributed by atoms with Crippen molar-refractivity contribution >= 4 is 45.9 Å². The summed E-state index contributed by atoms with van der Waals surface area (Å²) in [6.07, 6.45) is 1.61. The highest BCUT2D eigenvalue weighted by atomic mass is 35.5. The lowest BCUT2D eigenvalue weighted by atomic mass is 10.1. The van der Waals surface area contributed by atoms with Gasteiger partial charge >= 0.3 is 0 Å². The molecule has 1 aliphatic rings. The van der Waals surface area contributed by atoms with E-state index in [-0.39, 0.29) is 5.91 Å². The first kappa shape index (κ1) is 12.8. The lowest BCUT2D eigenvalue weighted by molar-refractivity contribution is -0.110. The van der Waals surface area contributed by atoms with Crippen LogP contribution in [0.25, 0.3) is 16.6 Å². The monoisotopic (exact) mass is 311 g/mol. The molecule has 3 N–H and O–H groups in total. The predicted octanol–water partition coefficient (Wildman–Crippen LogP) is 3.02. The standard InChI is InChI=1S/C15H10ClN5O/c16-12-6-5-8-9(14(22)21-13(8)20-12)7-17-15-18-10-3-1-2-4-11(10)19-15/h1-7H,(H2,17,18,19)(H,20,21,22)/b9-7-. The molecule has 3 heterocycles. The molecule has 0 radical (unpaired) electrons. The van der Waals surface area contributed by atoms with Gasteiger partial charge in [-0.25, -0.2) is 9.97 Å². The molecule has 22 heavy (non-hydrogen) atoms. The van der Waals surface area contributed by atoms with Crippen LogP contribution in [0.3, 0.4) is 0 Å². The van der Waals surface area contributed by atoms with Crippen LogP contribution in [0.15, 0.2) is 42.6 Å². The van der Waals surface area contributed by atoms with Gasteiger partial charge in [-0.1, -0.05) is 23.7 Å². The van der Waals surface area contributed by atoms with E-state index in [9.17, 15) is 4.79 Å². The molecule has 0 saturated heterocycles. The Bertz CT molecular complexity index is 898. The van der Waals surface area contributed by atoms with Crippen LogP contribution < -0.4 is 10.6 Å². The van der Waals surface area contributed by atoms with Crippen LogP contribution in [0.5, 0.6) is 0 Å². The molecule has 2 aromatic heterocycles. The summed E-state index contributed by atoms with van der Waals surface area (Å²) in [4.78, 5) is 23.6. The van der Waals surface area contributed by atoms with Crippen molar-refractivity contribution in [3.05, 3.63) is 53.3 Å². The second-order valence-electron chi connectivity index (χ2n) is 4.79. The molecule has 1 amide bonds. The Morgan fingerprint density at radius 1 is 1.14 bits per heavy atom. The number of hydrogen-bond acceptors (Lipinski definition) is 4. The third-order valence-corrected chi connectivity index (χ3v) is 3.58. The minimum atomic E-state index is -0.228. The largest absolute Gasteiger partial charge is 0.332 e. The zero-order valence-corrected chi connectivity index (χ0v) is 12.0. The predicted molar refractivity (Wildman–Crippen MR) is 85.6 cm³/mol. The number of benzene rings is 1. The molecule has 7 heteroatoms. The van der Waals surface area contributed by atoms with E-state index in [1.54, 1.807) is 18.3 Å². The van der Waals surface area contributed by atoms with Crippen LogP contribution in [-0.2, 0) is 4.79 Å². The first-order valence-electron chi connectivity index (χ1n) is 6.60. The molecule has 0 fully saturated rings. The lowest BCUT2D eigenvalue weighted by Crippen LogP contribution is -2.05. The normalized spacial score (nSPS) is 15.1. The molecule has 0 spiro atoms. The van der Waals surface area contributed by atoms with Gasteiger partial charge in [-0.2, -0.15) is 0 Å². The number of nitrogens with zero attached hydrogens (tertiary/aromatic N) is 2. The van der Waals surface area contributed by atoms with Crippen molar-refractivity contribution in [3.63, 3.8) is 0 Å². The summed E-state index contributed by atoms with van der Waals surface area (Å²) in [7, 11) is 0. The van der Waals surface area contributed by atoms with Crippen LogP contribution in [-0.4, -0.2) is 20.9 Å². The number of aromatic nitrogens is 3. The molecular formula is C15H10ClN5O. The SMILES string of the molecule is O=C1Nc2nc(Cl)ccc2/C1=C/Nc1nc2ccccc2[nH]1. The van der Waals surface area contributed by atoms with Gasteiger partial charge in [0.05, 0.1) is 16.6 Å². The van der Waals surface area contributed by atoms with E-state index in [0.29, 0.717) is 28.1 Å². The van der Waals surface area contributed by atoms with Crippen molar-refractivity contribution in [3.8, 4) is 0 Å². The third kappa shape index (κ3) is 2.10. The molecule has 6 nitrogen and oxygen atoms in total. The van der Waals surface area contributed by atoms with Gasteiger partial charge in [0.1, 0.15) is 11.0 Å². The quantitative estimate of drug-likeness (QED) is 0.502. The Kier molecular flexibility index (Phi) is 2.83. The molecule has 0 unspecified atom stereocenters. The summed E-state index contributed by atoms with van der Waals surface area (Å²) in [5.74, 6) is 0.806. The van der Waals surface area contributed by atoms with Gasteiger partial charge in [0.15, 0.2) is 0 Å². The maximum atomic E-state index is 12.0. The number of para-hydroxylation sites is 2. The molecule has 0 saturated carbocycles. The molecule has 0 bridgehead atoms. The molecule has 1 aromatic carbocycles. The second-order valence-corrected chi connectivity index (χ2v) is 5.18. The topological polar surface area (TPSA) is 82.7 Å². The van der Waals surface area contributed by atoms with Crippen molar-refractivity contribution in [2.45, 2.75) is 0 Å².